The van der Waals surface area contributed by atoms with E-state index in [1.807, 2.05) is 13.8 Å². The first-order valence-electron chi connectivity index (χ1n) is 7.08. The zero-order chi connectivity index (χ0) is 15.8. The molecule has 1 rings (SSSR count). The van der Waals surface area contributed by atoms with Crippen LogP contribution in [0.2, 0.25) is 0 Å². The zero-order valence-corrected chi connectivity index (χ0v) is 12.9. The molecule has 1 N–H and O–H groups in total. The maximum Gasteiger partial charge on any atom is 0.234 e. The van der Waals surface area contributed by atoms with Crippen molar-refractivity contribution < 1.29 is 14.0 Å². The Kier molecular flexibility index (Phi) is 7.02. The monoisotopic (exact) mass is 294 g/mol. The van der Waals surface area contributed by atoms with Gasteiger partial charge in [-0.2, -0.15) is 0 Å². The molecule has 0 aromatic heterocycles. The third kappa shape index (κ3) is 7.56. The van der Waals surface area contributed by atoms with Crippen LogP contribution in [0.25, 0.3) is 0 Å². The molecule has 0 fully saturated rings. The van der Waals surface area contributed by atoms with Crippen LogP contribution in [0.5, 0.6) is 0 Å². The van der Waals surface area contributed by atoms with Gasteiger partial charge in [-0.15, -0.1) is 0 Å². The Morgan fingerprint density at radius 3 is 2.38 bits per heavy atom. The molecule has 0 atom stereocenters. The van der Waals surface area contributed by atoms with Gasteiger partial charge >= 0.3 is 0 Å². The summed E-state index contributed by atoms with van der Waals surface area (Å²) in [6.07, 6.45) is 0.248. The maximum absolute atomic E-state index is 12.8. The highest BCUT2D eigenvalue weighted by Crippen LogP contribution is 2.04. The van der Waals surface area contributed by atoms with Crippen LogP contribution in [-0.2, 0) is 16.0 Å². The third-order valence-corrected chi connectivity index (χ3v) is 2.88. The first-order chi connectivity index (χ1) is 9.86. The lowest BCUT2D eigenvalue weighted by Gasteiger charge is -2.16. The fraction of sp³-hybridized carbons (Fsp3) is 0.500. The van der Waals surface area contributed by atoms with E-state index in [4.69, 9.17) is 0 Å². The minimum Gasteiger partial charge on any atom is -0.355 e. The molecule has 0 aliphatic rings. The summed E-state index contributed by atoms with van der Waals surface area (Å²) >= 11 is 0. The van der Waals surface area contributed by atoms with Crippen molar-refractivity contribution in [3.05, 3.63) is 35.6 Å². The second-order valence-corrected chi connectivity index (χ2v) is 5.71. The van der Waals surface area contributed by atoms with Crippen molar-refractivity contribution in [3.8, 4) is 0 Å². The Morgan fingerprint density at radius 2 is 1.81 bits per heavy atom. The van der Waals surface area contributed by atoms with Crippen LogP contribution < -0.4 is 5.32 Å². The standard InChI is InChI=1S/C16H23FN2O2/c1-12(2)9-18-16(21)11-19(3)10-15(20)8-13-4-6-14(17)7-5-13/h4-7,12H,8-11H2,1-3H3,(H,18,21). The van der Waals surface area contributed by atoms with Crippen molar-refractivity contribution in [2.24, 2.45) is 5.92 Å². The van der Waals surface area contributed by atoms with Gasteiger partial charge in [0.05, 0.1) is 13.1 Å². The lowest BCUT2D eigenvalue weighted by Crippen LogP contribution is -2.39. The van der Waals surface area contributed by atoms with Gasteiger partial charge in [-0.1, -0.05) is 26.0 Å². The van der Waals surface area contributed by atoms with Gasteiger partial charge in [-0.25, -0.2) is 4.39 Å². The van der Waals surface area contributed by atoms with Crippen LogP contribution in [0.1, 0.15) is 19.4 Å². The number of nitrogens with zero attached hydrogens (tertiary/aromatic N) is 1. The average Bonchev–Trinajstić information content (AvgIpc) is 2.38. The van der Waals surface area contributed by atoms with Gasteiger partial charge in [-0.05, 0) is 30.7 Å². The molecule has 0 radical (unpaired) electrons. The second kappa shape index (κ2) is 8.52. The number of likely N-dealkylation sites (N-methyl/N-ethyl adjacent to an activating group) is 1. The molecule has 0 aliphatic heterocycles. The van der Waals surface area contributed by atoms with Crippen LogP contribution >= 0.6 is 0 Å². The maximum atomic E-state index is 12.8. The summed E-state index contributed by atoms with van der Waals surface area (Å²) in [5.74, 6) is 0.00561. The van der Waals surface area contributed by atoms with Gasteiger partial charge in [0.2, 0.25) is 5.91 Å². The molecule has 1 aromatic carbocycles. The molecule has 5 heteroatoms. The van der Waals surface area contributed by atoms with Crippen molar-refractivity contribution in [1.82, 2.24) is 10.2 Å². The number of amides is 1. The predicted octanol–water partition coefficient (Wildman–Crippen LogP) is 1.64. The smallest absolute Gasteiger partial charge is 0.234 e. The normalized spacial score (nSPS) is 11.0. The summed E-state index contributed by atoms with van der Waals surface area (Å²) in [6.45, 7) is 5.08. The number of nitrogens with one attached hydrogen (secondary N) is 1. The van der Waals surface area contributed by atoms with Crippen molar-refractivity contribution in [2.45, 2.75) is 20.3 Å². The fourth-order valence-electron chi connectivity index (χ4n) is 1.86. The highest BCUT2D eigenvalue weighted by molar-refractivity contribution is 5.84. The van der Waals surface area contributed by atoms with E-state index >= 15 is 0 Å². The molecule has 1 aromatic rings. The van der Waals surface area contributed by atoms with E-state index in [9.17, 15) is 14.0 Å². The molecule has 0 heterocycles. The Balaban J connectivity index is 2.33. The molecular weight excluding hydrogens is 271 g/mol. The molecule has 4 nitrogen and oxygen atoms in total. The van der Waals surface area contributed by atoms with E-state index in [2.05, 4.69) is 5.32 Å². The number of halogens is 1. The lowest BCUT2D eigenvalue weighted by atomic mass is 10.1. The Hall–Kier alpha value is -1.75. The minimum absolute atomic E-state index is 0.000711. The summed E-state index contributed by atoms with van der Waals surface area (Å²) < 4.78 is 12.8. The van der Waals surface area contributed by atoms with E-state index < -0.39 is 0 Å². The summed E-state index contributed by atoms with van der Waals surface area (Å²) in [5, 5.41) is 2.81. The predicted molar refractivity (Wildman–Crippen MR) is 80.5 cm³/mol. The molecule has 0 bridgehead atoms. The van der Waals surface area contributed by atoms with Crippen molar-refractivity contribution in [2.75, 3.05) is 26.7 Å². The number of benzene rings is 1. The Bertz CT molecular complexity index is 472. The van der Waals surface area contributed by atoms with Gasteiger partial charge in [0, 0.05) is 13.0 Å². The van der Waals surface area contributed by atoms with Crippen LogP contribution in [0.3, 0.4) is 0 Å². The molecule has 0 unspecified atom stereocenters. The van der Waals surface area contributed by atoms with Crippen LogP contribution in [0, 0.1) is 11.7 Å². The first-order valence-corrected chi connectivity index (χ1v) is 7.08. The Labute approximate surface area is 125 Å². The summed E-state index contributed by atoms with van der Waals surface area (Å²) in [6, 6.07) is 5.88. The van der Waals surface area contributed by atoms with Crippen LogP contribution in [0.15, 0.2) is 24.3 Å². The van der Waals surface area contributed by atoms with Gasteiger partial charge in [0.25, 0.3) is 0 Å². The lowest BCUT2D eigenvalue weighted by molar-refractivity contribution is -0.123. The summed E-state index contributed by atoms with van der Waals surface area (Å²) in [5.41, 5.74) is 0.777. The number of rotatable bonds is 8. The van der Waals surface area contributed by atoms with Crippen molar-refractivity contribution in [1.29, 1.82) is 0 Å². The van der Waals surface area contributed by atoms with Gasteiger partial charge in [0.15, 0.2) is 5.78 Å². The molecule has 0 saturated heterocycles. The number of carbonyl (C=O) groups excluding carboxylic acids is 2. The van der Waals surface area contributed by atoms with Gasteiger partial charge < -0.3 is 5.32 Å². The van der Waals surface area contributed by atoms with Gasteiger partial charge in [0.1, 0.15) is 5.82 Å². The zero-order valence-electron chi connectivity index (χ0n) is 12.9. The molecule has 0 saturated carbocycles. The quantitative estimate of drug-likeness (QED) is 0.793. The van der Waals surface area contributed by atoms with E-state index in [0.717, 1.165) is 5.56 Å². The number of ketones is 1. The minimum atomic E-state index is -0.315. The van der Waals surface area contributed by atoms with E-state index in [-0.39, 0.29) is 37.0 Å². The van der Waals surface area contributed by atoms with Gasteiger partial charge in [-0.3, -0.25) is 14.5 Å². The molecule has 116 valence electrons. The van der Waals surface area contributed by atoms with Crippen molar-refractivity contribution >= 4 is 11.7 Å². The van der Waals surface area contributed by atoms with E-state index in [0.29, 0.717) is 12.5 Å². The number of carbonyl (C=O) groups is 2. The second-order valence-electron chi connectivity index (χ2n) is 5.71. The molecule has 1 amide bonds. The number of Topliss-reactive ketones (excluding diaryl/α,β-unsaturated/α-hetero) is 1. The number of hydrogen-bond acceptors (Lipinski definition) is 3. The van der Waals surface area contributed by atoms with Crippen molar-refractivity contribution in [3.63, 3.8) is 0 Å². The highest BCUT2D eigenvalue weighted by atomic mass is 19.1. The SMILES string of the molecule is CC(C)CNC(=O)CN(C)CC(=O)Cc1ccc(F)cc1. The van der Waals surface area contributed by atoms with Crippen LogP contribution in [0.4, 0.5) is 4.39 Å². The average molecular weight is 294 g/mol. The summed E-state index contributed by atoms with van der Waals surface area (Å²) in [7, 11) is 1.73. The van der Waals surface area contributed by atoms with E-state index in [1.54, 1.807) is 24.1 Å². The topological polar surface area (TPSA) is 49.4 Å². The molecular formula is C16H23FN2O2. The first kappa shape index (κ1) is 17.3. The van der Waals surface area contributed by atoms with E-state index in [1.165, 1.54) is 12.1 Å². The highest BCUT2D eigenvalue weighted by Gasteiger charge is 2.11. The Morgan fingerprint density at radius 1 is 1.19 bits per heavy atom. The molecule has 0 aliphatic carbocycles. The number of hydrogen-bond donors (Lipinski definition) is 1. The molecule has 21 heavy (non-hydrogen) atoms. The summed E-state index contributed by atoms with van der Waals surface area (Å²) in [4.78, 5) is 25.2. The van der Waals surface area contributed by atoms with Crippen LogP contribution in [-0.4, -0.2) is 43.3 Å². The third-order valence-electron chi connectivity index (χ3n) is 2.88. The molecule has 0 spiro atoms. The largest absolute Gasteiger partial charge is 0.355 e. The fourth-order valence-corrected chi connectivity index (χ4v) is 1.86.